The average Bonchev–Trinajstić information content (AvgIpc) is 3.15. The molecule has 2 aromatic heterocycles. The Hall–Kier alpha value is -3.40. The molecule has 10 heteroatoms. The Bertz CT molecular complexity index is 1110. The smallest absolute Gasteiger partial charge is 0.379 e. The van der Waals surface area contributed by atoms with E-state index in [4.69, 9.17) is 15.0 Å². The Balaban J connectivity index is 1.41. The van der Waals surface area contributed by atoms with Crippen LogP contribution >= 0.6 is 0 Å². The van der Waals surface area contributed by atoms with Crippen LogP contribution in [-0.4, -0.2) is 24.3 Å². The van der Waals surface area contributed by atoms with Crippen LogP contribution in [0.3, 0.4) is 0 Å². The molecule has 1 amide bonds. The minimum atomic E-state index is -4.56. The fourth-order valence-corrected chi connectivity index (χ4v) is 3.27. The van der Waals surface area contributed by atoms with Crippen molar-refractivity contribution in [2.75, 3.05) is 24.3 Å². The third-order valence-corrected chi connectivity index (χ3v) is 5.14. The maximum Gasteiger partial charge on any atom is 0.424 e. The number of nitrogens with zero attached hydrogens (tertiary/aromatic N) is 1. The molecule has 0 aliphatic carbocycles. The van der Waals surface area contributed by atoms with Crippen LogP contribution in [-0.2, 0) is 27.5 Å². The number of ether oxygens (including phenoxy) is 1. The molecule has 0 atom stereocenters. The Morgan fingerprint density at radius 3 is 2.55 bits per heavy atom. The van der Waals surface area contributed by atoms with E-state index in [1.807, 2.05) is 6.92 Å². The molecule has 1 aromatic carbocycles. The number of anilines is 2. The molecule has 4 rings (SSSR count). The number of nitrogen functional groups attached to an aromatic ring is 1. The van der Waals surface area contributed by atoms with Gasteiger partial charge in [-0.1, -0.05) is 29.4 Å². The predicted octanol–water partition coefficient (Wildman–Crippen LogP) is 3.23. The number of nitrogens with one attached hydrogen (secondary N) is 2. The van der Waals surface area contributed by atoms with Gasteiger partial charge in [0.2, 0.25) is 5.91 Å². The highest BCUT2D eigenvalue weighted by atomic mass is 19.4. The van der Waals surface area contributed by atoms with Crippen LogP contribution in [0.4, 0.5) is 24.8 Å². The number of aromatic amines is 1. The molecule has 0 spiro atoms. The molecule has 0 bridgehead atoms. The number of H-pyrrole nitrogens is 1. The predicted molar refractivity (Wildman–Crippen MR) is 105 cm³/mol. The third kappa shape index (κ3) is 4.38. The van der Waals surface area contributed by atoms with E-state index < -0.39 is 17.6 Å². The summed E-state index contributed by atoms with van der Waals surface area (Å²) in [6.07, 6.45) is -3.08. The van der Waals surface area contributed by atoms with Gasteiger partial charge in [-0.3, -0.25) is 10.5 Å². The molecule has 31 heavy (non-hydrogen) atoms. The standard InChI is InChI=1S/C21H19F3N4O3/c1-20(10-30-11-20)16-8-17(28-31-16)27-18(29)6-12-2-4-13(5-3-12)14-7-15(21(22,23)24)19(25)26-9-14/h2-5,7-9H,6,10-11H2,1H3,(H2,25,26)(H,27,28,29)/p+1. The van der Waals surface area contributed by atoms with Gasteiger partial charge in [0.05, 0.1) is 31.2 Å². The lowest BCUT2D eigenvalue weighted by atomic mass is 9.86. The molecule has 1 fully saturated rings. The van der Waals surface area contributed by atoms with Crippen LogP contribution < -0.4 is 16.0 Å². The average molecular weight is 433 g/mol. The molecule has 0 unspecified atom stereocenters. The van der Waals surface area contributed by atoms with Crippen molar-refractivity contribution in [2.45, 2.75) is 24.9 Å². The number of benzene rings is 1. The second-order valence-electron chi connectivity index (χ2n) is 7.77. The zero-order valence-electron chi connectivity index (χ0n) is 16.5. The van der Waals surface area contributed by atoms with E-state index in [-0.39, 0.29) is 17.7 Å². The zero-order chi connectivity index (χ0) is 22.2. The van der Waals surface area contributed by atoms with Gasteiger partial charge < -0.3 is 14.6 Å². The number of alkyl halides is 3. The molecular formula is C21H20F3N4O3+. The summed E-state index contributed by atoms with van der Waals surface area (Å²) < 4.78 is 49.7. The lowest BCUT2D eigenvalue weighted by Gasteiger charge is -2.35. The van der Waals surface area contributed by atoms with E-state index in [1.54, 1.807) is 30.3 Å². The summed E-state index contributed by atoms with van der Waals surface area (Å²) in [6, 6.07) is 9.32. The van der Waals surface area contributed by atoms with Crippen molar-refractivity contribution in [1.29, 1.82) is 0 Å². The minimum absolute atomic E-state index is 0.0739. The number of carbonyl (C=O) groups is 1. The summed E-state index contributed by atoms with van der Waals surface area (Å²) in [7, 11) is 0. The van der Waals surface area contributed by atoms with E-state index >= 15 is 0 Å². The molecule has 0 saturated carbocycles. The number of hydrogen-bond donors (Lipinski definition) is 2. The number of nitrogens with two attached hydrogens (primary N) is 1. The first-order chi connectivity index (χ1) is 14.6. The first-order valence-electron chi connectivity index (χ1n) is 9.47. The van der Waals surface area contributed by atoms with Crippen LogP contribution in [0, 0.1) is 0 Å². The Morgan fingerprint density at radius 1 is 1.23 bits per heavy atom. The van der Waals surface area contributed by atoms with Crippen molar-refractivity contribution < 1.29 is 32.2 Å². The molecule has 3 aromatic rings. The molecule has 4 N–H and O–H groups in total. The summed E-state index contributed by atoms with van der Waals surface area (Å²) in [5.74, 6) is 0.237. The number of pyridine rings is 1. The quantitative estimate of drug-likeness (QED) is 0.643. The maximum atomic E-state index is 13.1. The van der Waals surface area contributed by atoms with Gasteiger partial charge in [-0.2, -0.15) is 13.2 Å². The van der Waals surface area contributed by atoms with E-state index in [1.165, 1.54) is 6.20 Å². The Labute approximate surface area is 175 Å². The maximum absolute atomic E-state index is 13.1. The topological polar surface area (TPSA) is 105 Å². The van der Waals surface area contributed by atoms with Crippen molar-refractivity contribution in [3.63, 3.8) is 0 Å². The van der Waals surface area contributed by atoms with Gasteiger partial charge in [-0.05, 0) is 24.1 Å². The van der Waals surface area contributed by atoms with E-state index in [9.17, 15) is 18.0 Å². The van der Waals surface area contributed by atoms with E-state index in [0.29, 0.717) is 41.5 Å². The van der Waals surface area contributed by atoms with Gasteiger partial charge in [0.15, 0.2) is 5.82 Å². The first kappa shape index (κ1) is 20.9. The van der Waals surface area contributed by atoms with Gasteiger partial charge >= 0.3 is 6.18 Å². The van der Waals surface area contributed by atoms with Crippen LogP contribution in [0.5, 0.6) is 0 Å². The lowest BCUT2D eigenvalue weighted by Crippen LogP contribution is -2.43. The van der Waals surface area contributed by atoms with Crippen LogP contribution in [0.1, 0.15) is 23.8 Å². The fourth-order valence-electron chi connectivity index (χ4n) is 3.27. The third-order valence-electron chi connectivity index (χ3n) is 5.14. The van der Waals surface area contributed by atoms with Crippen LogP contribution in [0.2, 0.25) is 0 Å². The highest BCUT2D eigenvalue weighted by Crippen LogP contribution is 2.34. The zero-order valence-corrected chi connectivity index (χ0v) is 16.5. The van der Waals surface area contributed by atoms with Crippen molar-refractivity contribution in [1.82, 2.24) is 5.16 Å². The van der Waals surface area contributed by atoms with Crippen molar-refractivity contribution in [3.05, 3.63) is 59.5 Å². The number of hydrogen-bond acceptors (Lipinski definition) is 5. The number of rotatable bonds is 5. The number of aromatic nitrogens is 2. The van der Waals surface area contributed by atoms with Gasteiger partial charge in [0.25, 0.3) is 5.82 Å². The Kier molecular flexibility index (Phi) is 5.18. The molecule has 162 valence electrons. The summed E-state index contributed by atoms with van der Waals surface area (Å²) in [5, 5.41) is 6.55. The van der Waals surface area contributed by atoms with Crippen molar-refractivity contribution in [2.24, 2.45) is 0 Å². The van der Waals surface area contributed by atoms with Gasteiger partial charge in [0, 0.05) is 11.6 Å². The minimum Gasteiger partial charge on any atom is -0.379 e. The fraction of sp³-hybridized carbons (Fsp3) is 0.286. The van der Waals surface area contributed by atoms with Gasteiger partial charge in [-0.15, -0.1) is 0 Å². The highest BCUT2D eigenvalue weighted by molar-refractivity contribution is 5.91. The highest BCUT2D eigenvalue weighted by Gasteiger charge is 2.39. The second-order valence-corrected chi connectivity index (χ2v) is 7.77. The summed E-state index contributed by atoms with van der Waals surface area (Å²) >= 11 is 0. The summed E-state index contributed by atoms with van der Waals surface area (Å²) in [5.41, 5.74) is 5.83. The SMILES string of the molecule is CC1(c2cc(NC(=O)Cc3ccc(-c4c[nH+]c(N)c(C(F)(F)F)c4)cc3)no2)COC1. The molecular weight excluding hydrogens is 413 g/mol. The molecule has 3 heterocycles. The summed E-state index contributed by atoms with van der Waals surface area (Å²) in [6.45, 7) is 3.07. The van der Waals surface area contributed by atoms with E-state index in [2.05, 4.69) is 15.5 Å². The number of amides is 1. The second kappa shape index (κ2) is 7.69. The van der Waals surface area contributed by atoms with Crippen LogP contribution in [0.25, 0.3) is 11.1 Å². The Morgan fingerprint density at radius 2 is 1.94 bits per heavy atom. The molecule has 0 radical (unpaired) electrons. The van der Waals surface area contributed by atoms with Gasteiger partial charge in [0.1, 0.15) is 11.3 Å². The van der Waals surface area contributed by atoms with Crippen LogP contribution in [0.15, 0.2) is 47.1 Å². The monoisotopic (exact) mass is 433 g/mol. The molecule has 1 aliphatic heterocycles. The summed E-state index contributed by atoms with van der Waals surface area (Å²) in [4.78, 5) is 14.7. The molecule has 7 nitrogen and oxygen atoms in total. The van der Waals surface area contributed by atoms with E-state index in [0.717, 1.165) is 6.07 Å². The van der Waals surface area contributed by atoms with Gasteiger partial charge in [-0.25, -0.2) is 4.98 Å². The molecule has 1 aliphatic rings. The number of halogens is 3. The number of carbonyl (C=O) groups excluding carboxylic acids is 1. The van der Waals surface area contributed by atoms with Crippen molar-refractivity contribution in [3.8, 4) is 11.1 Å². The largest absolute Gasteiger partial charge is 0.424 e. The van der Waals surface area contributed by atoms with Crippen molar-refractivity contribution >= 4 is 17.5 Å². The molecule has 1 saturated heterocycles. The first-order valence-corrected chi connectivity index (χ1v) is 9.47. The normalized spacial score (nSPS) is 15.4. The lowest BCUT2D eigenvalue weighted by molar-refractivity contribution is -0.362.